The molecule has 0 heterocycles. The molecule has 0 aliphatic carbocycles. The van der Waals surface area contributed by atoms with Gasteiger partial charge in [0.1, 0.15) is 12.6 Å². The summed E-state index contributed by atoms with van der Waals surface area (Å²) in [6, 6.07) is 23.0. The van der Waals surface area contributed by atoms with E-state index in [0.29, 0.717) is 27.9 Å². The zero-order valence-corrected chi connectivity index (χ0v) is 28.5. The molecule has 254 valence electrons. The van der Waals surface area contributed by atoms with E-state index >= 15 is 0 Å². The van der Waals surface area contributed by atoms with E-state index in [2.05, 4.69) is 5.32 Å². The molecule has 48 heavy (non-hydrogen) atoms. The van der Waals surface area contributed by atoms with Gasteiger partial charge in [-0.2, -0.15) is 13.2 Å². The molecule has 0 aliphatic heterocycles. The second-order valence-electron chi connectivity index (χ2n) is 11.1. The summed E-state index contributed by atoms with van der Waals surface area (Å²) in [6.45, 7) is 2.44. The van der Waals surface area contributed by atoms with Crippen molar-refractivity contribution in [3.63, 3.8) is 0 Å². The molecule has 0 aliphatic rings. The van der Waals surface area contributed by atoms with Gasteiger partial charge in [-0.15, -0.1) is 0 Å². The molecular formula is C35H34Cl2F3N3O4S. The Kier molecular flexibility index (Phi) is 12.2. The van der Waals surface area contributed by atoms with E-state index in [4.69, 9.17) is 23.2 Å². The maximum Gasteiger partial charge on any atom is 0.416 e. The summed E-state index contributed by atoms with van der Waals surface area (Å²) in [4.78, 5) is 29.4. The summed E-state index contributed by atoms with van der Waals surface area (Å²) in [7, 11) is -4.60. The van der Waals surface area contributed by atoms with Crippen LogP contribution in [0.3, 0.4) is 0 Å². The minimum absolute atomic E-state index is 0.0336. The third-order valence-corrected chi connectivity index (χ3v) is 10.2. The Labute approximate surface area is 288 Å². The van der Waals surface area contributed by atoms with Gasteiger partial charge in [0.2, 0.25) is 11.8 Å². The molecule has 0 saturated heterocycles. The number of nitrogens with one attached hydrogen (secondary N) is 1. The standard InChI is InChI=1S/C35H34Cl2F3N3O4S/c1-3-24(2)41-34(45)32(20-25-12-6-4-7-13-25)42(22-29-30(36)18-11-19-31(29)37)33(44)23-43(48(46,47)28-16-8-5-9-17-28)27-15-10-14-26(21-27)35(38,39)40/h4-19,21,24,32H,3,20,22-23H2,1-2H3,(H,41,45)/t24-,32-/m0/s1. The Morgan fingerprint density at radius 2 is 1.44 bits per heavy atom. The van der Waals surface area contributed by atoms with Gasteiger partial charge in [-0.05, 0) is 61.4 Å². The van der Waals surface area contributed by atoms with Crippen LogP contribution in [0.5, 0.6) is 0 Å². The summed E-state index contributed by atoms with van der Waals surface area (Å²) < 4.78 is 70.1. The van der Waals surface area contributed by atoms with Crippen molar-refractivity contribution in [3.8, 4) is 0 Å². The molecule has 0 fully saturated rings. The van der Waals surface area contributed by atoms with Crippen LogP contribution in [0.1, 0.15) is 37.0 Å². The minimum Gasteiger partial charge on any atom is -0.352 e. The van der Waals surface area contributed by atoms with Crippen molar-refractivity contribution in [2.45, 2.75) is 56.4 Å². The largest absolute Gasteiger partial charge is 0.416 e. The summed E-state index contributed by atoms with van der Waals surface area (Å²) in [6.07, 6.45) is -4.16. The predicted molar refractivity (Wildman–Crippen MR) is 181 cm³/mol. The molecular weight excluding hydrogens is 686 g/mol. The molecule has 0 aromatic heterocycles. The number of halogens is 5. The number of nitrogens with zero attached hydrogens (tertiary/aromatic N) is 2. The van der Waals surface area contributed by atoms with E-state index in [9.17, 15) is 31.2 Å². The van der Waals surface area contributed by atoms with Gasteiger partial charge in [-0.3, -0.25) is 13.9 Å². The van der Waals surface area contributed by atoms with Gasteiger partial charge in [-0.1, -0.05) is 90.8 Å². The molecule has 4 aromatic rings. The topological polar surface area (TPSA) is 86.8 Å². The van der Waals surface area contributed by atoms with E-state index < -0.39 is 46.2 Å². The number of carbonyl (C=O) groups excluding carboxylic acids is 2. The number of benzene rings is 4. The van der Waals surface area contributed by atoms with Crippen LogP contribution < -0.4 is 9.62 Å². The van der Waals surface area contributed by atoms with Crippen LogP contribution in [0.25, 0.3) is 0 Å². The molecule has 2 amide bonds. The Balaban J connectivity index is 1.87. The van der Waals surface area contributed by atoms with Crippen LogP contribution in [-0.2, 0) is 38.8 Å². The monoisotopic (exact) mass is 719 g/mol. The molecule has 2 atom stereocenters. The van der Waals surface area contributed by atoms with Gasteiger partial charge in [-0.25, -0.2) is 8.42 Å². The number of carbonyl (C=O) groups is 2. The van der Waals surface area contributed by atoms with Crippen LogP contribution in [0.2, 0.25) is 10.0 Å². The van der Waals surface area contributed by atoms with Gasteiger partial charge in [0, 0.05) is 34.6 Å². The van der Waals surface area contributed by atoms with Gasteiger partial charge in [0.15, 0.2) is 0 Å². The summed E-state index contributed by atoms with van der Waals surface area (Å²) in [5.41, 5.74) is -0.478. The minimum atomic E-state index is -4.79. The van der Waals surface area contributed by atoms with Gasteiger partial charge in [0.25, 0.3) is 10.0 Å². The summed E-state index contributed by atoms with van der Waals surface area (Å²) in [5, 5.41) is 3.31. The van der Waals surface area contributed by atoms with E-state index in [1.54, 1.807) is 61.5 Å². The molecule has 4 aromatic carbocycles. The third-order valence-electron chi connectivity index (χ3n) is 7.73. The Morgan fingerprint density at radius 3 is 2.02 bits per heavy atom. The van der Waals surface area contributed by atoms with Gasteiger partial charge in [0.05, 0.1) is 16.1 Å². The van der Waals surface area contributed by atoms with Crippen molar-refractivity contribution in [1.82, 2.24) is 10.2 Å². The first-order valence-electron chi connectivity index (χ1n) is 15.0. The number of sulfonamides is 1. The van der Waals surface area contributed by atoms with Crippen molar-refractivity contribution in [2.75, 3.05) is 10.8 Å². The molecule has 0 saturated carbocycles. The number of rotatable bonds is 13. The zero-order chi connectivity index (χ0) is 35.1. The molecule has 13 heteroatoms. The lowest BCUT2D eigenvalue weighted by Gasteiger charge is -2.34. The number of hydrogen-bond acceptors (Lipinski definition) is 4. The van der Waals surface area contributed by atoms with Crippen molar-refractivity contribution in [2.24, 2.45) is 0 Å². The van der Waals surface area contributed by atoms with E-state index in [-0.39, 0.29) is 39.6 Å². The fourth-order valence-electron chi connectivity index (χ4n) is 4.93. The fraction of sp³-hybridized carbons (Fsp3) is 0.257. The molecule has 0 spiro atoms. The fourth-order valence-corrected chi connectivity index (χ4v) is 6.88. The van der Waals surface area contributed by atoms with Crippen molar-refractivity contribution < 1.29 is 31.2 Å². The highest BCUT2D eigenvalue weighted by molar-refractivity contribution is 7.92. The molecule has 1 N–H and O–H groups in total. The molecule has 0 radical (unpaired) electrons. The second kappa shape index (κ2) is 15.9. The maximum atomic E-state index is 14.5. The van der Waals surface area contributed by atoms with Crippen LogP contribution in [0.15, 0.2) is 108 Å². The first-order chi connectivity index (χ1) is 22.7. The average molecular weight is 721 g/mol. The normalized spacial score (nSPS) is 13.0. The Morgan fingerprint density at radius 1 is 0.854 bits per heavy atom. The smallest absolute Gasteiger partial charge is 0.352 e. The molecule has 0 bridgehead atoms. The van der Waals surface area contributed by atoms with Crippen LogP contribution in [-0.4, -0.2) is 43.8 Å². The second-order valence-corrected chi connectivity index (χ2v) is 13.8. The van der Waals surface area contributed by atoms with Gasteiger partial charge >= 0.3 is 6.18 Å². The Bertz CT molecular complexity index is 1810. The van der Waals surface area contributed by atoms with E-state index in [0.717, 1.165) is 12.1 Å². The Hall–Kier alpha value is -4.06. The maximum absolute atomic E-state index is 14.5. The van der Waals surface area contributed by atoms with Crippen LogP contribution in [0, 0.1) is 0 Å². The van der Waals surface area contributed by atoms with E-state index in [1.807, 2.05) is 6.92 Å². The van der Waals surface area contributed by atoms with Crippen LogP contribution >= 0.6 is 23.2 Å². The quantitative estimate of drug-likeness (QED) is 0.153. The van der Waals surface area contributed by atoms with Crippen molar-refractivity contribution in [1.29, 1.82) is 0 Å². The van der Waals surface area contributed by atoms with Gasteiger partial charge < -0.3 is 10.2 Å². The lowest BCUT2D eigenvalue weighted by Crippen LogP contribution is -2.54. The highest BCUT2D eigenvalue weighted by Gasteiger charge is 2.37. The first-order valence-corrected chi connectivity index (χ1v) is 17.2. The molecule has 4 rings (SSSR count). The first kappa shape index (κ1) is 36.8. The number of alkyl halides is 3. The SMILES string of the molecule is CC[C@H](C)NC(=O)[C@H](Cc1ccccc1)N(Cc1c(Cl)cccc1Cl)C(=O)CN(c1cccc(C(F)(F)F)c1)S(=O)(=O)c1ccccc1. The van der Waals surface area contributed by atoms with Crippen LogP contribution in [0.4, 0.5) is 18.9 Å². The zero-order valence-electron chi connectivity index (χ0n) is 26.1. The number of amides is 2. The lowest BCUT2D eigenvalue weighted by molar-refractivity contribution is -0.140. The highest BCUT2D eigenvalue weighted by Crippen LogP contribution is 2.34. The summed E-state index contributed by atoms with van der Waals surface area (Å²) >= 11 is 13.0. The molecule has 7 nitrogen and oxygen atoms in total. The predicted octanol–water partition coefficient (Wildman–Crippen LogP) is 7.76. The lowest BCUT2D eigenvalue weighted by atomic mass is 10.0. The van der Waals surface area contributed by atoms with Crippen molar-refractivity contribution >= 4 is 50.7 Å². The molecule has 0 unspecified atom stereocenters. The number of anilines is 1. The highest BCUT2D eigenvalue weighted by atomic mass is 35.5. The van der Waals surface area contributed by atoms with Crippen molar-refractivity contribution in [3.05, 3.63) is 130 Å². The number of hydrogen-bond donors (Lipinski definition) is 1. The van der Waals surface area contributed by atoms with E-state index in [1.165, 1.54) is 35.2 Å². The average Bonchev–Trinajstić information content (AvgIpc) is 3.06. The summed E-state index contributed by atoms with van der Waals surface area (Å²) in [5.74, 6) is -1.38. The third kappa shape index (κ3) is 9.09.